The zero-order valence-electron chi connectivity index (χ0n) is 13.4. The fraction of sp³-hybridized carbons (Fsp3) is 0.647. The molecule has 0 aromatic heterocycles. The van der Waals surface area contributed by atoms with Gasteiger partial charge in [0.25, 0.3) is 0 Å². The van der Waals surface area contributed by atoms with Crippen molar-refractivity contribution in [3.63, 3.8) is 0 Å². The zero-order valence-corrected chi connectivity index (χ0v) is 16.5. The van der Waals surface area contributed by atoms with Gasteiger partial charge in [-0.25, -0.2) is 8.42 Å². The van der Waals surface area contributed by atoms with Crippen LogP contribution in [0.15, 0.2) is 29.2 Å². The molecule has 0 amide bonds. The van der Waals surface area contributed by atoms with E-state index in [9.17, 15) is 8.42 Å². The van der Waals surface area contributed by atoms with Crippen LogP contribution in [0.25, 0.3) is 0 Å². The molecule has 3 fully saturated rings. The van der Waals surface area contributed by atoms with Gasteiger partial charge in [0.1, 0.15) is 4.33 Å². The van der Waals surface area contributed by atoms with Crippen LogP contribution in [-0.2, 0) is 10.0 Å². The van der Waals surface area contributed by atoms with E-state index in [2.05, 4.69) is 0 Å². The number of hydrogen-bond acceptors (Lipinski definition) is 2. The maximum absolute atomic E-state index is 12.9. The summed E-state index contributed by atoms with van der Waals surface area (Å²) in [6, 6.07) is 7.01. The van der Waals surface area contributed by atoms with Gasteiger partial charge >= 0.3 is 0 Å². The molecule has 1 aliphatic heterocycles. The Morgan fingerprint density at radius 1 is 1.04 bits per heavy atom. The van der Waals surface area contributed by atoms with E-state index >= 15 is 0 Å². The Morgan fingerprint density at radius 2 is 1.54 bits per heavy atom. The summed E-state index contributed by atoms with van der Waals surface area (Å²) in [5.74, 6) is 0. The maximum atomic E-state index is 12.9. The Hall–Kier alpha value is -0.000000000000000167. The minimum Gasteiger partial charge on any atom is -0.207 e. The summed E-state index contributed by atoms with van der Waals surface area (Å²) >= 11 is 19.6. The summed E-state index contributed by atoms with van der Waals surface area (Å²) in [5, 5.41) is 0.0934. The van der Waals surface area contributed by atoms with Crippen molar-refractivity contribution in [2.75, 3.05) is 13.1 Å². The molecule has 2 atom stereocenters. The van der Waals surface area contributed by atoms with Gasteiger partial charge in [0.05, 0.1) is 4.90 Å². The summed E-state index contributed by atoms with van der Waals surface area (Å²) in [6.45, 7) is 2.84. The monoisotopic (exact) mass is 407 g/mol. The lowest BCUT2D eigenvalue weighted by Gasteiger charge is -2.26. The Bertz CT molecular complexity index is 754. The summed E-state index contributed by atoms with van der Waals surface area (Å²) in [7, 11) is -3.48. The van der Waals surface area contributed by atoms with E-state index in [4.69, 9.17) is 34.8 Å². The SMILES string of the molecule is Cc1ccc(S(=O)(=O)N2CCC34CC(Cl)CC3(CC2)C4(Cl)Cl)cc1. The Kier molecular flexibility index (Phi) is 3.82. The first-order chi connectivity index (χ1) is 11.2. The third kappa shape index (κ3) is 2.04. The lowest BCUT2D eigenvalue weighted by Crippen LogP contribution is -2.35. The van der Waals surface area contributed by atoms with Crippen molar-refractivity contribution >= 4 is 44.8 Å². The van der Waals surface area contributed by atoms with Crippen molar-refractivity contribution in [3.05, 3.63) is 29.8 Å². The third-order valence-electron chi connectivity index (χ3n) is 6.43. The second-order valence-electron chi connectivity index (χ2n) is 7.46. The van der Waals surface area contributed by atoms with Crippen LogP contribution in [0.3, 0.4) is 0 Å². The maximum Gasteiger partial charge on any atom is 0.243 e. The third-order valence-corrected chi connectivity index (χ3v) is 10.1. The largest absolute Gasteiger partial charge is 0.243 e. The highest BCUT2D eigenvalue weighted by Crippen LogP contribution is 2.88. The van der Waals surface area contributed by atoms with E-state index < -0.39 is 14.4 Å². The number of rotatable bonds is 2. The summed E-state index contributed by atoms with van der Waals surface area (Å²) in [4.78, 5) is 0.349. The van der Waals surface area contributed by atoms with Crippen LogP contribution >= 0.6 is 34.8 Å². The van der Waals surface area contributed by atoms with Crippen LogP contribution in [0.1, 0.15) is 31.2 Å². The number of halogens is 3. The van der Waals surface area contributed by atoms with Gasteiger partial charge in [-0.1, -0.05) is 17.7 Å². The molecule has 4 rings (SSSR count). The molecule has 1 heterocycles. The number of hydrogen-bond donors (Lipinski definition) is 0. The van der Waals surface area contributed by atoms with Crippen LogP contribution < -0.4 is 0 Å². The van der Waals surface area contributed by atoms with Crippen molar-refractivity contribution < 1.29 is 8.42 Å². The van der Waals surface area contributed by atoms with Crippen molar-refractivity contribution in [1.29, 1.82) is 0 Å². The van der Waals surface area contributed by atoms with E-state index in [1.165, 1.54) is 0 Å². The van der Waals surface area contributed by atoms with Gasteiger partial charge in [-0.15, -0.1) is 34.8 Å². The molecule has 2 saturated carbocycles. The summed E-state index contributed by atoms with van der Waals surface area (Å²) < 4.78 is 26.7. The number of sulfonamides is 1. The standard InChI is InChI=1S/C17H20Cl3NO2S/c1-12-2-4-14(5-3-12)24(22,23)21-8-6-15-10-13(18)11-16(15,7-9-21)17(15,19)20/h2-5,13H,6-11H2,1H3. The normalized spacial score (nSPS) is 38.2. The molecule has 24 heavy (non-hydrogen) atoms. The van der Waals surface area contributed by atoms with Gasteiger partial charge in [0.2, 0.25) is 10.0 Å². The van der Waals surface area contributed by atoms with Crippen LogP contribution in [0, 0.1) is 17.8 Å². The number of alkyl halides is 3. The first-order valence-corrected chi connectivity index (χ1v) is 10.9. The molecule has 0 radical (unpaired) electrons. The quantitative estimate of drug-likeness (QED) is 0.683. The first kappa shape index (κ1) is 17.4. The molecule has 0 spiro atoms. The molecule has 1 aromatic rings. The van der Waals surface area contributed by atoms with Crippen LogP contribution in [-0.4, -0.2) is 35.5 Å². The lowest BCUT2D eigenvalue weighted by molar-refractivity contribution is 0.368. The summed E-state index contributed by atoms with van der Waals surface area (Å²) in [5.41, 5.74) is 0.584. The fourth-order valence-corrected chi connectivity index (χ4v) is 8.34. The Labute approximate surface area is 158 Å². The fourth-order valence-electron chi connectivity index (χ4n) is 5.06. The van der Waals surface area contributed by atoms with Crippen molar-refractivity contribution in [2.45, 2.75) is 47.2 Å². The molecular weight excluding hydrogens is 389 g/mol. The highest BCUT2D eigenvalue weighted by molar-refractivity contribution is 7.89. The molecule has 3 nitrogen and oxygen atoms in total. The molecule has 132 valence electrons. The molecule has 2 aliphatic carbocycles. The van der Waals surface area contributed by atoms with Gasteiger partial charge in [-0.2, -0.15) is 4.31 Å². The van der Waals surface area contributed by atoms with Gasteiger partial charge < -0.3 is 0 Å². The highest BCUT2D eigenvalue weighted by Gasteiger charge is 2.88. The molecule has 7 heteroatoms. The Morgan fingerprint density at radius 3 is 2.04 bits per heavy atom. The van der Waals surface area contributed by atoms with Crippen molar-refractivity contribution in [1.82, 2.24) is 4.31 Å². The summed E-state index contributed by atoms with van der Waals surface area (Å²) in [6.07, 6.45) is 2.91. The topological polar surface area (TPSA) is 37.4 Å². The van der Waals surface area contributed by atoms with E-state index in [-0.39, 0.29) is 16.2 Å². The predicted octanol–water partition coefficient (Wildman–Crippen LogP) is 4.34. The van der Waals surface area contributed by atoms with Crippen molar-refractivity contribution in [3.8, 4) is 0 Å². The minimum atomic E-state index is -3.48. The van der Waals surface area contributed by atoms with Crippen molar-refractivity contribution in [2.24, 2.45) is 10.8 Å². The highest BCUT2D eigenvalue weighted by atomic mass is 35.5. The van der Waals surface area contributed by atoms with E-state index in [1.54, 1.807) is 16.4 Å². The molecule has 1 saturated heterocycles. The van der Waals surface area contributed by atoms with E-state index in [0.29, 0.717) is 30.8 Å². The second-order valence-corrected chi connectivity index (χ2v) is 11.3. The number of aryl methyl sites for hydroxylation is 1. The van der Waals surface area contributed by atoms with Gasteiger partial charge in [0, 0.05) is 29.3 Å². The lowest BCUT2D eigenvalue weighted by atomic mass is 9.92. The molecule has 0 bridgehead atoms. The van der Waals surface area contributed by atoms with E-state index in [0.717, 1.165) is 18.4 Å². The molecule has 3 aliphatic rings. The second kappa shape index (κ2) is 5.26. The average molecular weight is 409 g/mol. The minimum absolute atomic E-state index is 0.0934. The molecule has 0 N–H and O–H groups in total. The van der Waals surface area contributed by atoms with Crippen LogP contribution in [0.4, 0.5) is 0 Å². The Balaban J connectivity index is 1.61. The first-order valence-electron chi connectivity index (χ1n) is 8.25. The van der Waals surface area contributed by atoms with Crippen LogP contribution in [0.2, 0.25) is 0 Å². The predicted molar refractivity (Wildman–Crippen MR) is 97.3 cm³/mol. The van der Waals surface area contributed by atoms with Gasteiger partial charge in [-0.05, 0) is 44.7 Å². The number of nitrogens with zero attached hydrogens (tertiary/aromatic N) is 1. The molecular formula is C17H20Cl3NO2S. The molecule has 2 unspecified atom stereocenters. The smallest absolute Gasteiger partial charge is 0.207 e. The zero-order chi connectivity index (χ0) is 17.4. The van der Waals surface area contributed by atoms with Gasteiger partial charge in [-0.3, -0.25) is 0 Å². The number of benzene rings is 1. The van der Waals surface area contributed by atoms with Gasteiger partial charge in [0.15, 0.2) is 0 Å². The van der Waals surface area contributed by atoms with E-state index in [1.807, 2.05) is 19.1 Å². The van der Waals surface area contributed by atoms with Crippen LogP contribution in [0.5, 0.6) is 0 Å². The average Bonchev–Trinajstić information content (AvgIpc) is 2.75. The molecule has 1 aromatic carbocycles.